The number of aromatic amines is 1. The molecule has 7 nitrogen and oxygen atoms in total. The zero-order valence-corrected chi connectivity index (χ0v) is 14.2. The van der Waals surface area contributed by atoms with Crippen LogP contribution in [0.5, 0.6) is 0 Å². The van der Waals surface area contributed by atoms with Gasteiger partial charge in [0, 0.05) is 29.7 Å². The van der Waals surface area contributed by atoms with Crippen LogP contribution in [0.25, 0.3) is 10.9 Å². The summed E-state index contributed by atoms with van der Waals surface area (Å²) in [6, 6.07) is 7.67. The molecule has 25 heavy (non-hydrogen) atoms. The summed E-state index contributed by atoms with van der Waals surface area (Å²) in [6.07, 6.45) is 1.48. The number of nitrogens with one attached hydrogen (secondary N) is 1. The molecule has 4 rings (SSSR count). The number of morpholine rings is 1. The van der Waals surface area contributed by atoms with Gasteiger partial charge < -0.3 is 19.0 Å². The highest BCUT2D eigenvalue weighted by molar-refractivity contribution is 5.98. The Labute approximate surface area is 145 Å². The number of carbonyl (C=O) groups is 1. The van der Waals surface area contributed by atoms with Crippen LogP contribution in [-0.4, -0.2) is 45.7 Å². The topological polar surface area (TPSA) is 84.2 Å². The Hall–Kier alpha value is -2.67. The molecule has 1 aliphatic rings. The predicted octanol–water partition coefficient (Wildman–Crippen LogP) is 2.89. The van der Waals surface area contributed by atoms with E-state index in [0.717, 1.165) is 10.9 Å². The smallest absolute Gasteiger partial charge is 0.254 e. The van der Waals surface area contributed by atoms with Crippen LogP contribution in [0.2, 0.25) is 0 Å². The lowest BCUT2D eigenvalue weighted by Crippen LogP contribution is -2.42. The van der Waals surface area contributed by atoms with E-state index in [1.807, 2.05) is 44.3 Å². The van der Waals surface area contributed by atoms with Crippen molar-refractivity contribution in [1.82, 2.24) is 20.1 Å². The molecular weight excluding hydrogens is 320 g/mol. The van der Waals surface area contributed by atoms with Crippen LogP contribution >= 0.6 is 0 Å². The van der Waals surface area contributed by atoms with Crippen molar-refractivity contribution in [2.45, 2.75) is 25.9 Å². The van der Waals surface area contributed by atoms with E-state index in [9.17, 15) is 4.79 Å². The molecule has 0 saturated carbocycles. The number of carbonyl (C=O) groups excluding carboxylic acids is 1. The van der Waals surface area contributed by atoms with E-state index in [1.54, 1.807) is 4.90 Å². The molecule has 0 bridgehead atoms. The number of aromatic nitrogens is 3. The van der Waals surface area contributed by atoms with Crippen molar-refractivity contribution in [2.24, 2.45) is 0 Å². The standard InChI is InChI=1S/C18H20N4O3/c1-11(2)16-20-21-17(25-16)15-10-22(7-8-24-15)18(23)13-4-3-12-5-6-19-14(12)9-13/h3-6,9,11,15,19H,7-8,10H2,1-2H3/t15-/m1/s1. The minimum absolute atomic E-state index is 0.0200. The maximum atomic E-state index is 12.8. The number of H-pyrrole nitrogens is 1. The van der Waals surface area contributed by atoms with Crippen LogP contribution < -0.4 is 0 Å². The molecule has 1 fully saturated rings. The fourth-order valence-corrected chi connectivity index (χ4v) is 2.96. The van der Waals surface area contributed by atoms with Gasteiger partial charge in [-0.15, -0.1) is 10.2 Å². The van der Waals surface area contributed by atoms with Crippen molar-refractivity contribution in [1.29, 1.82) is 0 Å². The average Bonchev–Trinajstić information content (AvgIpc) is 3.30. The number of nitrogens with zero attached hydrogens (tertiary/aromatic N) is 3. The van der Waals surface area contributed by atoms with Crippen LogP contribution in [-0.2, 0) is 4.74 Å². The first-order valence-corrected chi connectivity index (χ1v) is 8.43. The van der Waals surface area contributed by atoms with Gasteiger partial charge in [0.05, 0.1) is 13.2 Å². The fourth-order valence-electron chi connectivity index (χ4n) is 2.96. The first-order valence-electron chi connectivity index (χ1n) is 8.43. The van der Waals surface area contributed by atoms with Crippen LogP contribution in [0.3, 0.4) is 0 Å². The van der Waals surface area contributed by atoms with Crippen LogP contribution in [0.1, 0.15) is 48.0 Å². The quantitative estimate of drug-likeness (QED) is 0.792. The Balaban J connectivity index is 1.52. The Kier molecular flexibility index (Phi) is 4.01. The van der Waals surface area contributed by atoms with E-state index >= 15 is 0 Å². The summed E-state index contributed by atoms with van der Waals surface area (Å²) in [4.78, 5) is 17.8. The summed E-state index contributed by atoms with van der Waals surface area (Å²) < 4.78 is 11.4. The molecule has 0 radical (unpaired) electrons. The fraction of sp³-hybridized carbons (Fsp3) is 0.389. The Morgan fingerprint density at radius 3 is 3.00 bits per heavy atom. The summed E-state index contributed by atoms with van der Waals surface area (Å²) in [5.74, 6) is 1.16. The Morgan fingerprint density at radius 2 is 2.20 bits per heavy atom. The van der Waals surface area contributed by atoms with Crippen molar-refractivity contribution < 1.29 is 13.9 Å². The third kappa shape index (κ3) is 3.02. The van der Waals surface area contributed by atoms with Gasteiger partial charge in [-0.2, -0.15) is 0 Å². The number of fused-ring (bicyclic) bond motifs is 1. The van der Waals surface area contributed by atoms with Crippen LogP contribution in [0.4, 0.5) is 0 Å². The summed E-state index contributed by atoms with van der Waals surface area (Å²) >= 11 is 0. The highest BCUT2D eigenvalue weighted by atomic mass is 16.5. The van der Waals surface area contributed by atoms with Gasteiger partial charge in [0.1, 0.15) is 0 Å². The van der Waals surface area contributed by atoms with Crippen molar-refractivity contribution in [3.05, 3.63) is 47.8 Å². The van der Waals surface area contributed by atoms with Crippen molar-refractivity contribution >= 4 is 16.8 Å². The molecule has 0 spiro atoms. The summed E-state index contributed by atoms with van der Waals surface area (Å²) in [5, 5.41) is 9.21. The van der Waals surface area contributed by atoms with Gasteiger partial charge in [0.15, 0.2) is 6.10 Å². The molecule has 1 atom stereocenters. The molecule has 0 aliphatic carbocycles. The van der Waals surface area contributed by atoms with E-state index in [0.29, 0.717) is 37.0 Å². The first-order chi connectivity index (χ1) is 12.1. The van der Waals surface area contributed by atoms with Crippen molar-refractivity contribution in [2.75, 3.05) is 19.7 Å². The second-order valence-electron chi connectivity index (χ2n) is 6.52. The number of rotatable bonds is 3. The Morgan fingerprint density at radius 1 is 1.32 bits per heavy atom. The van der Waals surface area contributed by atoms with E-state index in [2.05, 4.69) is 15.2 Å². The number of ether oxygens (including phenoxy) is 1. The van der Waals surface area contributed by atoms with Crippen LogP contribution in [0.15, 0.2) is 34.9 Å². The van der Waals surface area contributed by atoms with Gasteiger partial charge in [-0.1, -0.05) is 19.9 Å². The van der Waals surface area contributed by atoms with Crippen molar-refractivity contribution in [3.63, 3.8) is 0 Å². The van der Waals surface area contributed by atoms with Gasteiger partial charge in [0.25, 0.3) is 5.91 Å². The molecule has 7 heteroatoms. The van der Waals surface area contributed by atoms with Gasteiger partial charge in [-0.05, 0) is 23.6 Å². The highest BCUT2D eigenvalue weighted by Gasteiger charge is 2.30. The molecule has 2 aromatic heterocycles. The van der Waals surface area contributed by atoms with E-state index < -0.39 is 0 Å². The normalized spacial score (nSPS) is 18.2. The monoisotopic (exact) mass is 340 g/mol. The number of hydrogen-bond acceptors (Lipinski definition) is 5. The second-order valence-corrected chi connectivity index (χ2v) is 6.52. The zero-order chi connectivity index (χ0) is 17.4. The lowest BCUT2D eigenvalue weighted by atomic mass is 10.1. The van der Waals surface area contributed by atoms with E-state index in [4.69, 9.17) is 9.15 Å². The first kappa shape index (κ1) is 15.8. The maximum absolute atomic E-state index is 12.8. The third-order valence-corrected chi connectivity index (χ3v) is 4.38. The molecule has 1 N–H and O–H groups in total. The molecule has 0 unspecified atom stereocenters. The largest absolute Gasteiger partial charge is 0.422 e. The molecular formula is C18H20N4O3. The number of hydrogen-bond donors (Lipinski definition) is 1. The summed E-state index contributed by atoms with van der Waals surface area (Å²) in [6.45, 7) is 5.38. The SMILES string of the molecule is CC(C)c1nnc([C@H]2CN(C(=O)c3ccc4cc[nH]c4c3)CCO2)o1. The van der Waals surface area contributed by atoms with Gasteiger partial charge in [0.2, 0.25) is 11.8 Å². The second kappa shape index (κ2) is 6.33. The molecule has 1 aromatic carbocycles. The molecule has 1 amide bonds. The van der Waals surface area contributed by atoms with Gasteiger partial charge in [-0.3, -0.25) is 4.79 Å². The van der Waals surface area contributed by atoms with Crippen molar-refractivity contribution in [3.8, 4) is 0 Å². The average molecular weight is 340 g/mol. The lowest BCUT2D eigenvalue weighted by molar-refractivity contribution is -0.0351. The van der Waals surface area contributed by atoms with Gasteiger partial charge in [-0.25, -0.2) is 0 Å². The number of benzene rings is 1. The Bertz CT molecular complexity index is 899. The predicted molar refractivity (Wildman–Crippen MR) is 91.3 cm³/mol. The molecule has 3 heterocycles. The third-order valence-electron chi connectivity index (χ3n) is 4.38. The summed E-state index contributed by atoms with van der Waals surface area (Å²) in [7, 11) is 0. The molecule has 1 saturated heterocycles. The van der Waals surface area contributed by atoms with E-state index in [-0.39, 0.29) is 17.9 Å². The van der Waals surface area contributed by atoms with E-state index in [1.165, 1.54) is 0 Å². The highest BCUT2D eigenvalue weighted by Crippen LogP contribution is 2.25. The molecule has 130 valence electrons. The number of amides is 1. The maximum Gasteiger partial charge on any atom is 0.254 e. The summed E-state index contributed by atoms with van der Waals surface area (Å²) in [5.41, 5.74) is 1.61. The minimum atomic E-state index is -0.382. The molecule has 1 aliphatic heterocycles. The zero-order valence-electron chi connectivity index (χ0n) is 14.2. The minimum Gasteiger partial charge on any atom is -0.422 e. The molecule has 3 aromatic rings. The van der Waals surface area contributed by atoms with Gasteiger partial charge >= 0.3 is 0 Å². The lowest BCUT2D eigenvalue weighted by Gasteiger charge is -2.31. The van der Waals surface area contributed by atoms with Crippen LogP contribution in [0, 0.1) is 0 Å².